The van der Waals surface area contributed by atoms with E-state index in [2.05, 4.69) is 26.0 Å². The van der Waals surface area contributed by atoms with Crippen molar-refractivity contribution in [3.63, 3.8) is 0 Å². The molecule has 2 atom stereocenters. The van der Waals surface area contributed by atoms with E-state index >= 15 is 0 Å². The number of carbonyl (C=O) groups is 3. The van der Waals surface area contributed by atoms with Crippen molar-refractivity contribution in [2.75, 3.05) is 47.5 Å². The highest BCUT2D eigenvalue weighted by Gasteiger charge is 2.22. The van der Waals surface area contributed by atoms with E-state index < -0.39 is 24.3 Å². The van der Waals surface area contributed by atoms with Gasteiger partial charge in [-0.15, -0.1) is 0 Å². The maximum Gasteiger partial charge on any atom is 0.306 e. The first kappa shape index (κ1) is 98.0. The molecule has 0 N–H and O–H groups in total. The fraction of sp³-hybridized carbons (Fsp3) is 0.945. The smallest absolute Gasteiger partial charge is 0.306 e. The molecular weight excluding hydrogens is 1230 g/mol. The van der Waals surface area contributed by atoms with Crippen LogP contribution in [0.3, 0.4) is 0 Å². The standard InChI is InChI=1S/C91H177NO8/c1-6-8-10-12-14-16-18-20-22-24-26-28-30-32-34-36-38-40-42-44-45-46-48-50-52-54-56-58-60-62-64-66-68-70-72-74-76-78-80-82-89(94)100-87(86-99-91(90(95)96)97-84-83-92(3,4)5)85-98-88(93)81-79-77-75-73-71-69-67-65-63-61-59-57-55-53-51-49-47-43-41-39-37-35-33-31-29-27-25-23-21-19-17-15-13-11-9-7-2/h24,26,87,91H,6-23,25,27-86H2,1-5H3/b26-24-. The number of carboxylic acids is 1. The minimum atomic E-state index is -1.62. The number of hydrogen-bond donors (Lipinski definition) is 0. The zero-order chi connectivity index (χ0) is 72.5. The van der Waals surface area contributed by atoms with Crippen molar-refractivity contribution >= 4 is 17.9 Å². The van der Waals surface area contributed by atoms with Gasteiger partial charge < -0.3 is 33.3 Å². The molecule has 9 nitrogen and oxygen atoms in total. The van der Waals surface area contributed by atoms with E-state index in [1.807, 2.05) is 21.1 Å². The van der Waals surface area contributed by atoms with Crippen LogP contribution in [0.25, 0.3) is 0 Å². The Morgan fingerprint density at radius 2 is 0.510 bits per heavy atom. The molecule has 0 fully saturated rings. The highest BCUT2D eigenvalue weighted by atomic mass is 16.7. The predicted molar refractivity (Wildman–Crippen MR) is 431 cm³/mol. The van der Waals surface area contributed by atoms with Crippen molar-refractivity contribution in [2.45, 2.75) is 508 Å². The normalized spacial score (nSPS) is 12.5. The fourth-order valence-electron chi connectivity index (χ4n) is 14.4. The molecule has 0 aliphatic heterocycles. The van der Waals surface area contributed by atoms with Crippen molar-refractivity contribution in [3.8, 4) is 0 Å². The van der Waals surface area contributed by atoms with Gasteiger partial charge in [-0.2, -0.15) is 0 Å². The van der Waals surface area contributed by atoms with E-state index in [4.69, 9.17) is 18.9 Å². The SMILES string of the molecule is CCCCCCCCCC/C=C\CCCCCCCCCCCCCCCCCCCCCCCCCCCCCC(=O)OC(COC(=O)CCCCCCCCCCCCCCCCCCCCCCCCCCCCCCCCCCCCCC)COC(OCC[N+](C)(C)C)C(=O)[O-]. The summed E-state index contributed by atoms with van der Waals surface area (Å²) in [5.41, 5.74) is 0. The zero-order valence-corrected chi connectivity index (χ0v) is 68.4. The molecule has 0 aromatic carbocycles. The van der Waals surface area contributed by atoms with Crippen LogP contribution in [0.4, 0.5) is 0 Å². The molecule has 0 bridgehead atoms. The number of esters is 2. The second kappa shape index (κ2) is 82.7. The summed E-state index contributed by atoms with van der Waals surface area (Å²) in [6.45, 7) is 4.86. The number of carboxylic acid groups (broad SMARTS) is 1. The molecule has 0 aliphatic carbocycles. The van der Waals surface area contributed by atoms with Crippen molar-refractivity contribution in [1.29, 1.82) is 0 Å². The molecule has 0 amide bonds. The van der Waals surface area contributed by atoms with Crippen LogP contribution in [0.5, 0.6) is 0 Å². The minimum Gasteiger partial charge on any atom is -0.545 e. The highest BCUT2D eigenvalue weighted by Crippen LogP contribution is 2.22. The van der Waals surface area contributed by atoms with Gasteiger partial charge in [-0.3, -0.25) is 9.59 Å². The third kappa shape index (κ3) is 83.3. The van der Waals surface area contributed by atoms with Crippen LogP contribution < -0.4 is 5.11 Å². The Morgan fingerprint density at radius 3 is 0.740 bits per heavy atom. The van der Waals surface area contributed by atoms with Gasteiger partial charge in [-0.05, 0) is 38.5 Å². The summed E-state index contributed by atoms with van der Waals surface area (Å²) in [7, 11) is 5.96. The second-order valence-corrected chi connectivity index (χ2v) is 32.6. The Kier molecular flexibility index (Phi) is 81.1. The Labute approximate surface area is 625 Å². The molecule has 0 heterocycles. The Morgan fingerprint density at radius 1 is 0.290 bits per heavy atom. The average Bonchev–Trinajstić information content (AvgIpc) is 1.08. The summed E-state index contributed by atoms with van der Waals surface area (Å²) < 4.78 is 22.9. The van der Waals surface area contributed by atoms with Crippen molar-refractivity contribution < 1.29 is 42.9 Å². The van der Waals surface area contributed by atoms with Gasteiger partial charge in [0.25, 0.3) is 0 Å². The Hall–Kier alpha value is -1.97. The first-order valence-electron chi connectivity index (χ1n) is 45.3. The summed E-state index contributed by atoms with van der Waals surface area (Å²) in [5.74, 6) is -2.24. The van der Waals surface area contributed by atoms with E-state index in [0.717, 1.165) is 38.5 Å². The third-order valence-electron chi connectivity index (χ3n) is 21.3. The van der Waals surface area contributed by atoms with E-state index in [9.17, 15) is 19.5 Å². The molecule has 594 valence electrons. The van der Waals surface area contributed by atoms with Gasteiger partial charge in [0.15, 0.2) is 12.4 Å². The maximum atomic E-state index is 13.0. The van der Waals surface area contributed by atoms with Crippen molar-refractivity contribution in [2.24, 2.45) is 0 Å². The lowest BCUT2D eigenvalue weighted by Crippen LogP contribution is -2.44. The largest absolute Gasteiger partial charge is 0.545 e. The molecule has 0 aromatic heterocycles. The molecular formula is C91H177NO8. The third-order valence-corrected chi connectivity index (χ3v) is 21.3. The van der Waals surface area contributed by atoms with Crippen LogP contribution >= 0.6 is 0 Å². The highest BCUT2D eigenvalue weighted by molar-refractivity contribution is 5.70. The number of nitrogens with zero attached hydrogens (tertiary/aromatic N) is 1. The van der Waals surface area contributed by atoms with Crippen molar-refractivity contribution in [1.82, 2.24) is 0 Å². The summed E-state index contributed by atoms with van der Waals surface area (Å²) in [4.78, 5) is 37.7. The number of carbonyl (C=O) groups excluding carboxylic acids is 3. The van der Waals surface area contributed by atoms with Crippen LogP contribution in [0, 0.1) is 0 Å². The van der Waals surface area contributed by atoms with Gasteiger partial charge in [0.05, 0.1) is 40.3 Å². The molecule has 0 radical (unpaired) electrons. The van der Waals surface area contributed by atoms with E-state index in [0.29, 0.717) is 17.4 Å². The van der Waals surface area contributed by atoms with E-state index in [-0.39, 0.29) is 32.2 Å². The van der Waals surface area contributed by atoms with Crippen LogP contribution in [0.15, 0.2) is 12.2 Å². The molecule has 0 aliphatic rings. The molecule has 100 heavy (non-hydrogen) atoms. The number of rotatable bonds is 87. The summed E-state index contributed by atoms with van der Waals surface area (Å²) in [6, 6.07) is 0. The zero-order valence-electron chi connectivity index (χ0n) is 68.4. The first-order chi connectivity index (χ1) is 49.1. The van der Waals surface area contributed by atoms with Gasteiger partial charge in [-0.1, -0.05) is 456 Å². The van der Waals surface area contributed by atoms with Gasteiger partial charge in [0, 0.05) is 12.8 Å². The van der Waals surface area contributed by atoms with Crippen LogP contribution in [-0.4, -0.2) is 82.3 Å². The molecule has 0 saturated carbocycles. The minimum absolute atomic E-state index is 0.153. The van der Waals surface area contributed by atoms with Crippen molar-refractivity contribution in [3.05, 3.63) is 12.2 Å². The molecule has 9 heteroatoms. The quantitative estimate of drug-likeness (QED) is 0.0195. The monoisotopic (exact) mass is 1410 g/mol. The number of allylic oxidation sites excluding steroid dienone is 2. The van der Waals surface area contributed by atoms with Gasteiger partial charge in [0.2, 0.25) is 0 Å². The number of aliphatic carboxylic acids is 1. The van der Waals surface area contributed by atoms with E-state index in [1.54, 1.807) is 0 Å². The number of hydrogen-bond acceptors (Lipinski definition) is 8. The molecule has 0 rings (SSSR count). The molecule has 2 unspecified atom stereocenters. The van der Waals surface area contributed by atoms with E-state index in [1.165, 1.54) is 430 Å². The second-order valence-electron chi connectivity index (χ2n) is 32.6. The maximum absolute atomic E-state index is 13.0. The van der Waals surface area contributed by atoms with Crippen LogP contribution in [0.1, 0.15) is 495 Å². The lowest BCUT2D eigenvalue weighted by Gasteiger charge is -2.26. The predicted octanol–water partition coefficient (Wildman–Crippen LogP) is 28.1. The summed E-state index contributed by atoms with van der Waals surface area (Å²) in [6.07, 6.45) is 103. The molecule has 0 saturated heterocycles. The van der Waals surface area contributed by atoms with Crippen LogP contribution in [0.2, 0.25) is 0 Å². The number of unbranched alkanes of at least 4 members (excludes halogenated alkanes) is 70. The molecule has 0 aromatic rings. The van der Waals surface area contributed by atoms with Gasteiger partial charge >= 0.3 is 11.9 Å². The summed E-state index contributed by atoms with van der Waals surface area (Å²) in [5, 5.41) is 11.9. The first-order valence-corrected chi connectivity index (χ1v) is 45.3. The molecule has 0 spiro atoms. The lowest BCUT2D eigenvalue weighted by molar-refractivity contribution is -0.870. The fourth-order valence-corrected chi connectivity index (χ4v) is 14.4. The Bertz CT molecular complexity index is 1650. The van der Waals surface area contributed by atoms with Gasteiger partial charge in [0.1, 0.15) is 13.2 Å². The Balaban J connectivity index is 3.87. The topological polar surface area (TPSA) is 111 Å². The van der Waals surface area contributed by atoms with Crippen LogP contribution in [-0.2, 0) is 33.3 Å². The average molecular weight is 1410 g/mol. The number of quaternary nitrogens is 1. The number of ether oxygens (including phenoxy) is 4. The summed E-state index contributed by atoms with van der Waals surface area (Å²) >= 11 is 0. The number of likely N-dealkylation sites (N-methyl/N-ethyl adjacent to an activating group) is 1. The lowest BCUT2D eigenvalue weighted by atomic mass is 10.0. The van der Waals surface area contributed by atoms with Gasteiger partial charge in [-0.25, -0.2) is 0 Å².